The molecular formula is C15H23N3O. The number of hydrogen-bond acceptors (Lipinski definition) is 3. The molecule has 104 valence electrons. The Morgan fingerprint density at radius 2 is 2.21 bits per heavy atom. The van der Waals surface area contributed by atoms with Crippen LogP contribution in [0.3, 0.4) is 0 Å². The molecule has 0 atom stereocenters. The summed E-state index contributed by atoms with van der Waals surface area (Å²) in [6.07, 6.45) is 6.38. The van der Waals surface area contributed by atoms with Gasteiger partial charge in [-0.2, -0.15) is 0 Å². The van der Waals surface area contributed by atoms with Crippen molar-refractivity contribution >= 4 is 5.91 Å². The number of nitrogens with zero attached hydrogens (tertiary/aromatic N) is 1. The van der Waals surface area contributed by atoms with E-state index >= 15 is 0 Å². The van der Waals surface area contributed by atoms with Crippen molar-refractivity contribution in [2.24, 2.45) is 5.41 Å². The number of rotatable bonds is 4. The Labute approximate surface area is 115 Å². The van der Waals surface area contributed by atoms with Crippen molar-refractivity contribution in [1.82, 2.24) is 15.6 Å². The van der Waals surface area contributed by atoms with Crippen molar-refractivity contribution in [3.63, 3.8) is 0 Å². The molecular weight excluding hydrogens is 238 g/mol. The number of piperidine rings is 1. The van der Waals surface area contributed by atoms with Crippen LogP contribution in [-0.2, 0) is 11.3 Å². The Kier molecular flexibility index (Phi) is 4.53. The average Bonchev–Trinajstić information content (AvgIpc) is 2.46. The minimum absolute atomic E-state index is 0.179. The number of nitrogens with one attached hydrogen (secondary N) is 2. The van der Waals surface area contributed by atoms with Gasteiger partial charge in [0.2, 0.25) is 5.91 Å². The van der Waals surface area contributed by atoms with Gasteiger partial charge in [-0.05, 0) is 56.5 Å². The van der Waals surface area contributed by atoms with Crippen LogP contribution < -0.4 is 10.6 Å². The maximum atomic E-state index is 12.5. The molecule has 0 spiro atoms. The molecule has 1 fully saturated rings. The fraction of sp³-hybridized carbons (Fsp3) is 0.600. The second kappa shape index (κ2) is 6.15. The van der Waals surface area contributed by atoms with Gasteiger partial charge in [0.1, 0.15) is 0 Å². The van der Waals surface area contributed by atoms with Crippen LogP contribution in [-0.4, -0.2) is 24.0 Å². The lowest BCUT2D eigenvalue weighted by Gasteiger charge is -2.35. The maximum Gasteiger partial charge on any atom is 0.226 e. The summed E-state index contributed by atoms with van der Waals surface area (Å²) in [7, 11) is 0. The standard InChI is InChI=1S/C15H23N3O/c1-3-15(5-8-16-9-6-15)14(19)18-11-13-10-17-7-4-12(13)2/h4,7,10,16H,3,5-6,8-9,11H2,1-2H3,(H,18,19). The van der Waals surface area contributed by atoms with E-state index in [-0.39, 0.29) is 11.3 Å². The van der Waals surface area contributed by atoms with Crippen LogP contribution in [0.15, 0.2) is 18.5 Å². The summed E-state index contributed by atoms with van der Waals surface area (Å²) in [6, 6.07) is 1.97. The quantitative estimate of drug-likeness (QED) is 0.869. The van der Waals surface area contributed by atoms with Gasteiger partial charge in [-0.15, -0.1) is 0 Å². The zero-order valence-electron chi connectivity index (χ0n) is 11.8. The van der Waals surface area contributed by atoms with E-state index in [9.17, 15) is 4.79 Å². The number of aromatic nitrogens is 1. The zero-order chi connectivity index (χ0) is 13.7. The lowest BCUT2D eigenvalue weighted by atomic mass is 9.76. The van der Waals surface area contributed by atoms with E-state index in [1.54, 1.807) is 6.20 Å². The maximum absolute atomic E-state index is 12.5. The van der Waals surface area contributed by atoms with Crippen LogP contribution in [0.1, 0.15) is 37.3 Å². The van der Waals surface area contributed by atoms with Crippen LogP contribution in [0.2, 0.25) is 0 Å². The zero-order valence-corrected chi connectivity index (χ0v) is 11.8. The van der Waals surface area contributed by atoms with Crippen molar-refractivity contribution in [2.75, 3.05) is 13.1 Å². The van der Waals surface area contributed by atoms with Gasteiger partial charge in [-0.3, -0.25) is 9.78 Å². The first-order valence-electron chi connectivity index (χ1n) is 7.06. The van der Waals surface area contributed by atoms with E-state index in [0.29, 0.717) is 6.54 Å². The molecule has 2 heterocycles. The van der Waals surface area contributed by atoms with Crippen molar-refractivity contribution in [1.29, 1.82) is 0 Å². The Hall–Kier alpha value is -1.42. The SMILES string of the molecule is CCC1(C(=O)NCc2cnccc2C)CCNCC1. The fourth-order valence-corrected chi connectivity index (χ4v) is 2.69. The fourth-order valence-electron chi connectivity index (χ4n) is 2.69. The largest absolute Gasteiger partial charge is 0.351 e. The average molecular weight is 261 g/mol. The molecule has 0 bridgehead atoms. The van der Waals surface area contributed by atoms with Gasteiger partial charge in [-0.25, -0.2) is 0 Å². The van der Waals surface area contributed by atoms with Crippen molar-refractivity contribution in [3.05, 3.63) is 29.6 Å². The van der Waals surface area contributed by atoms with Crippen LogP contribution in [0, 0.1) is 12.3 Å². The third-order valence-electron chi connectivity index (χ3n) is 4.31. The molecule has 0 unspecified atom stereocenters. The molecule has 1 aliphatic heterocycles. The molecule has 4 heteroatoms. The molecule has 1 aliphatic rings. The van der Waals surface area contributed by atoms with E-state index in [4.69, 9.17) is 0 Å². The number of amides is 1. The highest BCUT2D eigenvalue weighted by molar-refractivity contribution is 5.82. The van der Waals surface area contributed by atoms with E-state index in [1.807, 2.05) is 19.2 Å². The Bertz CT molecular complexity index is 439. The first kappa shape index (κ1) is 14.0. The van der Waals surface area contributed by atoms with E-state index in [1.165, 1.54) is 5.56 Å². The lowest BCUT2D eigenvalue weighted by molar-refractivity contribution is -0.133. The highest BCUT2D eigenvalue weighted by Gasteiger charge is 2.37. The molecule has 1 amide bonds. The third kappa shape index (κ3) is 3.13. The molecule has 0 aliphatic carbocycles. The number of hydrogen-bond donors (Lipinski definition) is 2. The molecule has 2 rings (SSSR count). The van der Waals surface area contributed by atoms with Crippen molar-refractivity contribution < 1.29 is 4.79 Å². The molecule has 1 aromatic rings. The van der Waals surface area contributed by atoms with Gasteiger partial charge in [0.15, 0.2) is 0 Å². The molecule has 0 radical (unpaired) electrons. The van der Waals surface area contributed by atoms with Gasteiger partial charge < -0.3 is 10.6 Å². The minimum atomic E-state index is -0.179. The highest BCUT2D eigenvalue weighted by atomic mass is 16.2. The summed E-state index contributed by atoms with van der Waals surface area (Å²) >= 11 is 0. The van der Waals surface area contributed by atoms with E-state index < -0.39 is 0 Å². The molecule has 0 saturated carbocycles. The summed E-state index contributed by atoms with van der Waals surface area (Å²) in [5.74, 6) is 0.194. The van der Waals surface area contributed by atoms with Gasteiger partial charge in [0, 0.05) is 18.9 Å². The van der Waals surface area contributed by atoms with Gasteiger partial charge in [0.25, 0.3) is 0 Å². The highest BCUT2D eigenvalue weighted by Crippen LogP contribution is 2.32. The van der Waals surface area contributed by atoms with Crippen LogP contribution in [0.5, 0.6) is 0 Å². The summed E-state index contributed by atoms with van der Waals surface area (Å²) in [4.78, 5) is 16.6. The minimum Gasteiger partial charge on any atom is -0.351 e. The van der Waals surface area contributed by atoms with Gasteiger partial charge in [-0.1, -0.05) is 6.92 Å². The number of pyridine rings is 1. The summed E-state index contributed by atoms with van der Waals surface area (Å²) in [5, 5.41) is 6.42. The molecule has 1 saturated heterocycles. The second-order valence-corrected chi connectivity index (χ2v) is 5.37. The molecule has 0 aromatic carbocycles. The first-order chi connectivity index (χ1) is 9.18. The van der Waals surface area contributed by atoms with Crippen LogP contribution in [0.25, 0.3) is 0 Å². The van der Waals surface area contributed by atoms with Crippen LogP contribution >= 0.6 is 0 Å². The lowest BCUT2D eigenvalue weighted by Crippen LogP contribution is -2.47. The van der Waals surface area contributed by atoms with Gasteiger partial charge in [0.05, 0.1) is 5.41 Å². The molecule has 1 aromatic heterocycles. The smallest absolute Gasteiger partial charge is 0.226 e. The predicted octanol–water partition coefficient (Wildman–Crippen LogP) is 1.79. The Morgan fingerprint density at radius 1 is 1.47 bits per heavy atom. The number of aryl methyl sites for hydroxylation is 1. The van der Waals surface area contributed by atoms with Crippen molar-refractivity contribution in [2.45, 2.75) is 39.7 Å². The second-order valence-electron chi connectivity index (χ2n) is 5.37. The molecule has 19 heavy (non-hydrogen) atoms. The van der Waals surface area contributed by atoms with E-state index in [2.05, 4.69) is 22.5 Å². The van der Waals surface area contributed by atoms with Crippen molar-refractivity contribution in [3.8, 4) is 0 Å². The number of carbonyl (C=O) groups excluding carboxylic acids is 1. The number of carbonyl (C=O) groups is 1. The predicted molar refractivity (Wildman–Crippen MR) is 75.6 cm³/mol. The van der Waals surface area contributed by atoms with Gasteiger partial charge >= 0.3 is 0 Å². The molecule has 2 N–H and O–H groups in total. The third-order valence-corrected chi connectivity index (χ3v) is 4.31. The van der Waals surface area contributed by atoms with Crippen LogP contribution in [0.4, 0.5) is 0 Å². The van der Waals surface area contributed by atoms with E-state index in [0.717, 1.165) is 37.9 Å². The Morgan fingerprint density at radius 3 is 2.84 bits per heavy atom. The first-order valence-corrected chi connectivity index (χ1v) is 7.06. The summed E-state index contributed by atoms with van der Waals surface area (Å²) in [6.45, 7) is 6.61. The Balaban J connectivity index is 1.98. The topological polar surface area (TPSA) is 54.0 Å². The normalized spacial score (nSPS) is 18.0. The summed E-state index contributed by atoms with van der Waals surface area (Å²) < 4.78 is 0. The monoisotopic (exact) mass is 261 g/mol. The molecule has 4 nitrogen and oxygen atoms in total. The summed E-state index contributed by atoms with van der Waals surface area (Å²) in [5.41, 5.74) is 2.09.